The van der Waals surface area contributed by atoms with Gasteiger partial charge in [0.25, 0.3) is 0 Å². The lowest BCUT2D eigenvalue weighted by atomic mass is 9.84. The van der Waals surface area contributed by atoms with Crippen molar-refractivity contribution in [2.45, 2.75) is 70.6 Å². The van der Waals surface area contributed by atoms with Crippen molar-refractivity contribution in [2.75, 3.05) is 0 Å². The first-order chi connectivity index (χ1) is 9.54. The van der Waals surface area contributed by atoms with Crippen molar-refractivity contribution in [3.05, 3.63) is 11.1 Å². The smallest absolute Gasteiger partial charge is 0.334 e. The van der Waals surface area contributed by atoms with Crippen LogP contribution >= 0.6 is 0 Å². The lowest BCUT2D eigenvalue weighted by Crippen LogP contribution is -2.34. The van der Waals surface area contributed by atoms with Crippen molar-refractivity contribution in [1.29, 1.82) is 0 Å². The zero-order valence-corrected chi connectivity index (χ0v) is 12.3. The van der Waals surface area contributed by atoms with Crippen LogP contribution in [0.15, 0.2) is 11.1 Å². The minimum atomic E-state index is -0.125. The summed E-state index contributed by atoms with van der Waals surface area (Å²) in [4.78, 5) is 12.5. The normalized spacial score (nSPS) is 49.2. The van der Waals surface area contributed by atoms with E-state index in [1.54, 1.807) is 0 Å². The number of ether oxygens (including phenoxy) is 3. The standard InChI is InChI=1S/C16H22O4/c1-7-4-11-12(18-11)6-10(7)20-16(17)14-8(2)5-13-15(19-13)9(14)3/h7-8,10-13,15H,4-6H2,1-3H3. The monoisotopic (exact) mass is 278 g/mol. The summed E-state index contributed by atoms with van der Waals surface area (Å²) in [5, 5.41) is 0. The molecule has 7 unspecified atom stereocenters. The van der Waals surface area contributed by atoms with E-state index < -0.39 is 0 Å². The van der Waals surface area contributed by atoms with E-state index in [-0.39, 0.29) is 24.1 Å². The maximum atomic E-state index is 12.5. The first-order valence-corrected chi connectivity index (χ1v) is 7.77. The summed E-state index contributed by atoms with van der Waals surface area (Å²) in [6, 6.07) is 0. The molecule has 2 saturated heterocycles. The first-order valence-electron chi connectivity index (χ1n) is 7.77. The Bertz CT molecular complexity index is 483. The van der Waals surface area contributed by atoms with Gasteiger partial charge in [0.05, 0.1) is 18.3 Å². The number of carbonyl (C=O) groups excluding carboxylic acids is 1. The lowest BCUT2D eigenvalue weighted by molar-refractivity contribution is -0.148. The average molecular weight is 278 g/mol. The molecule has 0 aromatic carbocycles. The number of carbonyl (C=O) groups is 1. The average Bonchev–Trinajstić information content (AvgIpc) is 3.24. The Labute approximate surface area is 119 Å². The van der Waals surface area contributed by atoms with Gasteiger partial charge >= 0.3 is 5.97 Å². The predicted octanol–water partition coefficient (Wildman–Crippen LogP) is 2.22. The molecule has 7 atom stereocenters. The van der Waals surface area contributed by atoms with Gasteiger partial charge in [-0.15, -0.1) is 0 Å². The maximum absolute atomic E-state index is 12.5. The van der Waals surface area contributed by atoms with Gasteiger partial charge in [-0.25, -0.2) is 4.79 Å². The molecule has 0 spiro atoms. The molecule has 4 nitrogen and oxygen atoms in total. The van der Waals surface area contributed by atoms with Gasteiger partial charge in [-0.2, -0.15) is 0 Å². The van der Waals surface area contributed by atoms with Crippen molar-refractivity contribution in [1.82, 2.24) is 0 Å². The maximum Gasteiger partial charge on any atom is 0.334 e. The lowest BCUT2D eigenvalue weighted by Gasteiger charge is -2.28. The van der Waals surface area contributed by atoms with Gasteiger partial charge < -0.3 is 14.2 Å². The highest BCUT2D eigenvalue weighted by molar-refractivity contribution is 5.90. The van der Waals surface area contributed by atoms with Crippen LogP contribution in [0.3, 0.4) is 0 Å². The van der Waals surface area contributed by atoms with E-state index in [1.165, 1.54) is 0 Å². The molecule has 0 N–H and O–H groups in total. The van der Waals surface area contributed by atoms with Gasteiger partial charge in [-0.05, 0) is 37.2 Å². The van der Waals surface area contributed by atoms with E-state index in [4.69, 9.17) is 14.2 Å². The van der Waals surface area contributed by atoms with Crippen LogP contribution < -0.4 is 0 Å². The van der Waals surface area contributed by atoms with Crippen molar-refractivity contribution in [3.63, 3.8) is 0 Å². The molecule has 0 amide bonds. The Morgan fingerprint density at radius 1 is 1.10 bits per heavy atom. The van der Waals surface area contributed by atoms with Crippen molar-refractivity contribution < 1.29 is 19.0 Å². The quantitative estimate of drug-likeness (QED) is 0.574. The fourth-order valence-corrected chi connectivity index (χ4v) is 4.01. The second-order valence-corrected chi connectivity index (χ2v) is 6.93. The van der Waals surface area contributed by atoms with Crippen LogP contribution in [0.25, 0.3) is 0 Å². The van der Waals surface area contributed by atoms with E-state index in [9.17, 15) is 4.79 Å². The zero-order valence-electron chi connectivity index (χ0n) is 12.3. The van der Waals surface area contributed by atoms with Crippen molar-refractivity contribution in [3.8, 4) is 0 Å². The molecule has 4 heteroatoms. The van der Waals surface area contributed by atoms with Crippen LogP contribution in [-0.4, -0.2) is 36.5 Å². The Kier molecular flexibility index (Phi) is 2.77. The minimum absolute atomic E-state index is 0.0107. The number of rotatable bonds is 2. The Hall–Kier alpha value is -0.870. The Morgan fingerprint density at radius 2 is 1.85 bits per heavy atom. The van der Waals surface area contributed by atoms with Crippen molar-refractivity contribution >= 4 is 5.97 Å². The van der Waals surface area contributed by atoms with Crippen LogP contribution in [0.2, 0.25) is 0 Å². The molecule has 4 rings (SSSR count). The summed E-state index contributed by atoms with van der Waals surface area (Å²) in [6.07, 6.45) is 4.11. The molecule has 0 bridgehead atoms. The van der Waals surface area contributed by atoms with Crippen LogP contribution in [0, 0.1) is 11.8 Å². The molecule has 2 aliphatic carbocycles. The van der Waals surface area contributed by atoms with Crippen LogP contribution in [0.4, 0.5) is 0 Å². The third-order valence-electron chi connectivity index (χ3n) is 5.38. The number of hydrogen-bond acceptors (Lipinski definition) is 4. The van der Waals surface area contributed by atoms with Crippen molar-refractivity contribution in [2.24, 2.45) is 11.8 Å². The van der Waals surface area contributed by atoms with Gasteiger partial charge in [-0.3, -0.25) is 0 Å². The summed E-state index contributed by atoms with van der Waals surface area (Å²) in [5.74, 6) is 0.516. The fourth-order valence-electron chi connectivity index (χ4n) is 4.01. The van der Waals surface area contributed by atoms with Crippen LogP contribution in [0.1, 0.15) is 40.0 Å². The van der Waals surface area contributed by atoms with Gasteiger partial charge in [0, 0.05) is 12.0 Å². The van der Waals surface area contributed by atoms with Crippen LogP contribution in [0.5, 0.6) is 0 Å². The van der Waals surface area contributed by atoms with E-state index >= 15 is 0 Å². The molecule has 0 radical (unpaired) electrons. The summed E-state index contributed by atoms with van der Waals surface area (Å²) < 4.78 is 17.0. The Balaban J connectivity index is 1.48. The molecule has 2 aliphatic heterocycles. The SMILES string of the molecule is CC1=C(C(=O)OC2CC3OC3CC2C)C(C)CC2OC12. The molecular formula is C16H22O4. The van der Waals surface area contributed by atoms with E-state index in [0.717, 1.165) is 30.4 Å². The summed E-state index contributed by atoms with van der Waals surface area (Å²) >= 11 is 0. The molecule has 4 aliphatic rings. The molecule has 0 aromatic rings. The minimum Gasteiger partial charge on any atom is -0.459 e. The number of hydrogen-bond donors (Lipinski definition) is 0. The summed E-state index contributed by atoms with van der Waals surface area (Å²) in [6.45, 7) is 6.27. The van der Waals surface area contributed by atoms with Gasteiger partial charge in [0.15, 0.2) is 0 Å². The summed E-state index contributed by atoms with van der Waals surface area (Å²) in [7, 11) is 0. The molecule has 2 heterocycles. The molecule has 1 saturated carbocycles. The highest BCUT2D eigenvalue weighted by Gasteiger charge is 2.50. The fraction of sp³-hybridized carbons (Fsp3) is 0.812. The first kappa shape index (κ1) is 12.8. The molecule has 20 heavy (non-hydrogen) atoms. The second-order valence-electron chi connectivity index (χ2n) is 6.93. The number of fused-ring (bicyclic) bond motifs is 2. The van der Waals surface area contributed by atoms with Gasteiger partial charge in [0.1, 0.15) is 12.2 Å². The topological polar surface area (TPSA) is 51.4 Å². The number of epoxide rings is 2. The van der Waals surface area contributed by atoms with E-state index in [1.807, 2.05) is 6.92 Å². The highest BCUT2D eigenvalue weighted by atomic mass is 16.6. The number of esters is 1. The second kappa shape index (κ2) is 4.31. The van der Waals surface area contributed by atoms with E-state index in [0.29, 0.717) is 24.2 Å². The Morgan fingerprint density at radius 3 is 2.65 bits per heavy atom. The highest BCUT2D eigenvalue weighted by Crippen LogP contribution is 2.45. The third-order valence-corrected chi connectivity index (χ3v) is 5.38. The zero-order chi connectivity index (χ0) is 14.0. The van der Waals surface area contributed by atoms with E-state index in [2.05, 4.69) is 13.8 Å². The molecule has 3 fully saturated rings. The largest absolute Gasteiger partial charge is 0.459 e. The third kappa shape index (κ3) is 2.01. The molecule has 110 valence electrons. The molecule has 0 aromatic heterocycles. The van der Waals surface area contributed by atoms with Gasteiger partial charge in [0.2, 0.25) is 0 Å². The van der Waals surface area contributed by atoms with Crippen LogP contribution in [-0.2, 0) is 19.0 Å². The summed E-state index contributed by atoms with van der Waals surface area (Å²) in [5.41, 5.74) is 1.94. The molecular weight excluding hydrogens is 256 g/mol. The predicted molar refractivity (Wildman–Crippen MR) is 72.1 cm³/mol. The van der Waals surface area contributed by atoms with Gasteiger partial charge in [-0.1, -0.05) is 13.8 Å².